The van der Waals surface area contributed by atoms with Crippen molar-refractivity contribution >= 4 is 11.0 Å². The maximum Gasteiger partial charge on any atom is 0.161 e. The second-order valence-corrected chi connectivity index (χ2v) is 6.29. The average molecular weight is 309 g/mol. The molecule has 0 spiro atoms. The molecule has 1 aromatic carbocycles. The van der Waals surface area contributed by atoms with E-state index in [1.807, 2.05) is 0 Å². The first-order chi connectivity index (χ1) is 10.5. The van der Waals surface area contributed by atoms with Gasteiger partial charge in [-0.25, -0.2) is 13.8 Å². The first-order valence-corrected chi connectivity index (χ1v) is 7.73. The van der Waals surface area contributed by atoms with Gasteiger partial charge in [0.2, 0.25) is 0 Å². The van der Waals surface area contributed by atoms with Crippen LogP contribution in [0.5, 0.6) is 0 Å². The molecular weight excluding hydrogens is 288 g/mol. The first-order valence-electron chi connectivity index (χ1n) is 7.73. The molecule has 0 amide bonds. The lowest BCUT2D eigenvalue weighted by molar-refractivity contribution is 0.0809. The fourth-order valence-electron chi connectivity index (χ4n) is 3.03. The molecule has 0 saturated carbocycles. The summed E-state index contributed by atoms with van der Waals surface area (Å²) in [6, 6.07) is 2.21. The average Bonchev–Trinajstić information content (AvgIpc) is 2.84. The van der Waals surface area contributed by atoms with Gasteiger partial charge in [0.15, 0.2) is 11.6 Å². The van der Waals surface area contributed by atoms with Crippen LogP contribution in [0, 0.1) is 17.6 Å². The highest BCUT2D eigenvalue weighted by Gasteiger charge is 2.19. The zero-order valence-corrected chi connectivity index (χ0v) is 12.7. The van der Waals surface area contributed by atoms with E-state index in [2.05, 4.69) is 16.8 Å². The largest absolute Gasteiger partial charge is 0.390 e. The van der Waals surface area contributed by atoms with Crippen molar-refractivity contribution in [3.05, 3.63) is 30.1 Å². The lowest BCUT2D eigenvalue weighted by Gasteiger charge is -2.31. The topological polar surface area (TPSA) is 41.3 Å². The van der Waals surface area contributed by atoms with E-state index in [0.717, 1.165) is 44.0 Å². The molecule has 1 aliphatic rings. The fourth-order valence-corrected chi connectivity index (χ4v) is 3.03. The van der Waals surface area contributed by atoms with Crippen LogP contribution in [0.1, 0.15) is 19.8 Å². The van der Waals surface area contributed by atoms with Gasteiger partial charge < -0.3 is 14.6 Å². The van der Waals surface area contributed by atoms with E-state index in [-0.39, 0.29) is 0 Å². The second-order valence-electron chi connectivity index (χ2n) is 6.29. The molecule has 1 fully saturated rings. The van der Waals surface area contributed by atoms with E-state index in [1.54, 1.807) is 4.57 Å². The molecule has 2 aromatic rings. The quantitative estimate of drug-likeness (QED) is 0.943. The summed E-state index contributed by atoms with van der Waals surface area (Å²) in [6.07, 6.45) is 3.28. The Morgan fingerprint density at radius 2 is 1.91 bits per heavy atom. The van der Waals surface area contributed by atoms with Gasteiger partial charge in [-0.3, -0.25) is 0 Å². The number of aliphatic hydroxyl groups is 1. The van der Waals surface area contributed by atoms with Gasteiger partial charge in [0.25, 0.3) is 0 Å². The Balaban J connectivity index is 1.66. The van der Waals surface area contributed by atoms with Crippen LogP contribution in [-0.2, 0) is 6.54 Å². The number of β-amino-alcohol motifs (C(OH)–C–C–N with tert-alkyl or cyclic N) is 1. The van der Waals surface area contributed by atoms with Crippen molar-refractivity contribution in [1.29, 1.82) is 0 Å². The van der Waals surface area contributed by atoms with Crippen LogP contribution in [0.25, 0.3) is 11.0 Å². The van der Waals surface area contributed by atoms with Crippen LogP contribution in [0.2, 0.25) is 0 Å². The molecule has 1 aliphatic heterocycles. The van der Waals surface area contributed by atoms with Gasteiger partial charge in [0, 0.05) is 18.7 Å². The van der Waals surface area contributed by atoms with E-state index in [0.29, 0.717) is 24.1 Å². The van der Waals surface area contributed by atoms with Crippen molar-refractivity contribution < 1.29 is 13.9 Å². The van der Waals surface area contributed by atoms with Gasteiger partial charge in [-0.05, 0) is 31.8 Å². The Bertz CT molecular complexity index is 650. The highest BCUT2D eigenvalue weighted by molar-refractivity contribution is 5.75. The number of aliphatic hydroxyl groups excluding tert-OH is 1. The lowest BCUT2D eigenvalue weighted by Crippen LogP contribution is -2.39. The molecule has 0 aliphatic carbocycles. The number of aromatic nitrogens is 2. The third-order valence-electron chi connectivity index (χ3n) is 4.42. The van der Waals surface area contributed by atoms with E-state index >= 15 is 0 Å². The second kappa shape index (κ2) is 6.30. The van der Waals surface area contributed by atoms with Gasteiger partial charge in [0.1, 0.15) is 0 Å². The van der Waals surface area contributed by atoms with Crippen LogP contribution < -0.4 is 0 Å². The van der Waals surface area contributed by atoms with E-state index in [1.165, 1.54) is 6.33 Å². The smallest absolute Gasteiger partial charge is 0.161 e. The fraction of sp³-hybridized carbons (Fsp3) is 0.562. The van der Waals surface area contributed by atoms with Crippen molar-refractivity contribution in [1.82, 2.24) is 14.5 Å². The number of benzene rings is 1. The van der Waals surface area contributed by atoms with Gasteiger partial charge >= 0.3 is 0 Å². The number of nitrogens with zero attached hydrogens (tertiary/aromatic N) is 3. The summed E-state index contributed by atoms with van der Waals surface area (Å²) in [5.74, 6) is -1.04. The van der Waals surface area contributed by atoms with Crippen LogP contribution in [0.3, 0.4) is 0 Å². The number of imidazole rings is 1. The Labute approximate surface area is 128 Å². The van der Waals surface area contributed by atoms with Crippen LogP contribution >= 0.6 is 0 Å². The summed E-state index contributed by atoms with van der Waals surface area (Å²) in [6.45, 7) is 5.17. The SMILES string of the molecule is CC1CCN(C[C@@H](O)Cn2cnc3cc(F)c(F)cc32)CC1. The van der Waals surface area contributed by atoms with E-state index in [4.69, 9.17) is 0 Å². The molecule has 4 nitrogen and oxygen atoms in total. The van der Waals surface area contributed by atoms with Crippen molar-refractivity contribution in [3.63, 3.8) is 0 Å². The summed E-state index contributed by atoms with van der Waals surface area (Å²) in [5.41, 5.74) is 0.906. The highest BCUT2D eigenvalue weighted by atomic mass is 19.2. The van der Waals surface area contributed by atoms with Crippen molar-refractivity contribution in [2.75, 3.05) is 19.6 Å². The molecule has 6 heteroatoms. The number of rotatable bonds is 4. The number of fused-ring (bicyclic) bond motifs is 1. The zero-order valence-electron chi connectivity index (χ0n) is 12.7. The third-order valence-corrected chi connectivity index (χ3v) is 4.42. The Kier molecular flexibility index (Phi) is 4.40. The van der Waals surface area contributed by atoms with Crippen molar-refractivity contribution in [3.8, 4) is 0 Å². The molecule has 1 aromatic heterocycles. The van der Waals surface area contributed by atoms with Crippen molar-refractivity contribution in [2.45, 2.75) is 32.4 Å². The number of hydrogen-bond donors (Lipinski definition) is 1. The molecule has 1 N–H and O–H groups in total. The zero-order chi connectivity index (χ0) is 15.7. The van der Waals surface area contributed by atoms with Crippen LogP contribution in [0.15, 0.2) is 18.5 Å². The number of halogens is 2. The van der Waals surface area contributed by atoms with E-state index in [9.17, 15) is 13.9 Å². The number of likely N-dealkylation sites (tertiary alicyclic amines) is 1. The van der Waals surface area contributed by atoms with Crippen molar-refractivity contribution in [2.24, 2.45) is 5.92 Å². The monoisotopic (exact) mass is 309 g/mol. The minimum Gasteiger partial charge on any atom is -0.390 e. The number of hydrogen-bond acceptors (Lipinski definition) is 3. The van der Waals surface area contributed by atoms with Gasteiger partial charge in [-0.2, -0.15) is 0 Å². The predicted molar refractivity (Wildman–Crippen MR) is 80.5 cm³/mol. The Morgan fingerprint density at radius 1 is 1.23 bits per heavy atom. The first kappa shape index (κ1) is 15.4. The molecular formula is C16H21F2N3O. The maximum atomic E-state index is 13.4. The number of piperidine rings is 1. The Morgan fingerprint density at radius 3 is 2.64 bits per heavy atom. The van der Waals surface area contributed by atoms with Crippen LogP contribution in [-0.4, -0.2) is 45.3 Å². The lowest BCUT2D eigenvalue weighted by atomic mass is 9.99. The summed E-state index contributed by atoms with van der Waals surface area (Å²) in [7, 11) is 0. The summed E-state index contributed by atoms with van der Waals surface area (Å²) < 4.78 is 28.2. The van der Waals surface area contributed by atoms with Gasteiger partial charge in [0.05, 0.1) is 30.0 Å². The molecule has 22 heavy (non-hydrogen) atoms. The van der Waals surface area contributed by atoms with Crippen LogP contribution in [0.4, 0.5) is 8.78 Å². The summed E-state index contributed by atoms with van der Waals surface area (Å²) in [5, 5.41) is 10.3. The standard InChI is InChI=1S/C16H21F2N3O/c1-11-2-4-20(5-3-11)8-12(22)9-21-10-19-15-6-13(17)14(18)7-16(15)21/h6-7,10-12,22H,2-5,8-9H2,1H3/t12-/m1/s1. The molecule has 1 saturated heterocycles. The van der Waals surface area contributed by atoms with Gasteiger partial charge in [-0.15, -0.1) is 0 Å². The minimum absolute atomic E-state index is 0.327. The highest BCUT2D eigenvalue weighted by Crippen LogP contribution is 2.19. The molecule has 2 heterocycles. The molecule has 1 atom stereocenters. The Hall–Kier alpha value is -1.53. The normalized spacial score (nSPS) is 18.9. The summed E-state index contributed by atoms with van der Waals surface area (Å²) in [4.78, 5) is 6.32. The minimum atomic E-state index is -0.902. The third kappa shape index (κ3) is 3.28. The molecule has 3 rings (SSSR count). The predicted octanol–water partition coefficient (Wildman–Crippen LogP) is 2.41. The molecule has 0 bridgehead atoms. The molecule has 0 unspecified atom stereocenters. The maximum absolute atomic E-state index is 13.4. The van der Waals surface area contributed by atoms with Gasteiger partial charge in [-0.1, -0.05) is 6.92 Å². The molecule has 120 valence electrons. The van der Waals surface area contributed by atoms with E-state index < -0.39 is 17.7 Å². The summed E-state index contributed by atoms with van der Waals surface area (Å²) >= 11 is 0. The molecule has 0 radical (unpaired) electrons.